The molecule has 0 bridgehead atoms. The number of hydrogen-bond donors (Lipinski definition) is 2. The van der Waals surface area contributed by atoms with Crippen LogP contribution in [0.15, 0.2) is 24.3 Å². The van der Waals surface area contributed by atoms with Crippen molar-refractivity contribution in [3.05, 3.63) is 24.3 Å². The predicted octanol–water partition coefficient (Wildman–Crippen LogP) is 1.79. The van der Waals surface area contributed by atoms with Crippen molar-refractivity contribution >= 4 is 24.0 Å². The van der Waals surface area contributed by atoms with Gasteiger partial charge in [-0.25, -0.2) is 0 Å². The molecule has 5 heteroatoms. The van der Waals surface area contributed by atoms with Gasteiger partial charge in [-0.15, -0.1) is 12.4 Å². The molecule has 0 aliphatic carbocycles. The largest absolute Gasteiger partial charge is 0.497 e. The van der Waals surface area contributed by atoms with Crippen LogP contribution < -0.4 is 15.8 Å². The van der Waals surface area contributed by atoms with E-state index in [2.05, 4.69) is 5.32 Å². The van der Waals surface area contributed by atoms with Gasteiger partial charge >= 0.3 is 0 Å². The number of anilines is 1. The Morgan fingerprint density at radius 2 is 2.00 bits per heavy atom. The van der Waals surface area contributed by atoms with E-state index in [1.54, 1.807) is 38.3 Å². The molecule has 1 atom stereocenters. The molecule has 0 spiro atoms. The van der Waals surface area contributed by atoms with Gasteiger partial charge in [0.05, 0.1) is 7.11 Å². The van der Waals surface area contributed by atoms with Crippen molar-refractivity contribution in [3.8, 4) is 5.75 Å². The number of amides is 1. The highest BCUT2D eigenvalue weighted by molar-refractivity contribution is 5.91. The molecule has 1 rings (SSSR count). The number of hydrogen-bond acceptors (Lipinski definition) is 3. The van der Waals surface area contributed by atoms with Gasteiger partial charge in [0.2, 0.25) is 5.91 Å². The average molecular weight is 245 g/mol. The van der Waals surface area contributed by atoms with Crippen molar-refractivity contribution in [3.63, 3.8) is 0 Å². The van der Waals surface area contributed by atoms with E-state index in [-0.39, 0.29) is 24.4 Å². The Morgan fingerprint density at radius 3 is 2.44 bits per heavy atom. The van der Waals surface area contributed by atoms with Gasteiger partial charge in [-0.2, -0.15) is 0 Å². The zero-order valence-corrected chi connectivity index (χ0v) is 10.2. The summed E-state index contributed by atoms with van der Waals surface area (Å²) in [5.74, 6) is 0.690. The number of carbonyl (C=O) groups is 1. The third-order valence-electron chi connectivity index (χ3n) is 1.88. The zero-order chi connectivity index (χ0) is 11.3. The number of ether oxygens (including phenoxy) is 1. The number of carbonyl (C=O) groups excluding carboxylic acids is 1. The molecule has 1 aromatic carbocycles. The van der Waals surface area contributed by atoms with Crippen LogP contribution in [0.3, 0.4) is 0 Å². The van der Waals surface area contributed by atoms with Crippen molar-refractivity contribution in [2.45, 2.75) is 19.4 Å². The number of nitrogens with two attached hydrogens (primary N) is 1. The second-order valence-electron chi connectivity index (χ2n) is 3.46. The van der Waals surface area contributed by atoms with Crippen molar-refractivity contribution in [1.29, 1.82) is 0 Å². The summed E-state index contributed by atoms with van der Waals surface area (Å²) in [5, 5.41) is 2.75. The standard InChI is InChI=1S/C11H16N2O2.ClH/c1-8(12)7-11(14)13-9-3-5-10(15-2)6-4-9;/h3-6,8H,7,12H2,1-2H3,(H,13,14);1H. The Hall–Kier alpha value is -1.26. The monoisotopic (exact) mass is 244 g/mol. The van der Waals surface area contributed by atoms with E-state index in [0.717, 1.165) is 11.4 Å². The van der Waals surface area contributed by atoms with Gasteiger partial charge in [-0.05, 0) is 31.2 Å². The fourth-order valence-corrected chi connectivity index (χ4v) is 1.18. The normalized spacial score (nSPS) is 11.2. The van der Waals surface area contributed by atoms with Crippen LogP contribution in [-0.4, -0.2) is 19.1 Å². The highest BCUT2D eigenvalue weighted by Gasteiger charge is 2.04. The van der Waals surface area contributed by atoms with Gasteiger partial charge in [0, 0.05) is 18.2 Å². The maximum atomic E-state index is 11.4. The average Bonchev–Trinajstić information content (AvgIpc) is 2.17. The minimum absolute atomic E-state index is 0. The fraction of sp³-hybridized carbons (Fsp3) is 0.364. The van der Waals surface area contributed by atoms with Crippen molar-refractivity contribution < 1.29 is 9.53 Å². The fourth-order valence-electron chi connectivity index (χ4n) is 1.18. The van der Waals surface area contributed by atoms with Crippen LogP contribution >= 0.6 is 12.4 Å². The van der Waals surface area contributed by atoms with Crippen LogP contribution in [0.5, 0.6) is 5.75 Å². The van der Waals surface area contributed by atoms with Crippen molar-refractivity contribution in [1.82, 2.24) is 0 Å². The number of nitrogens with one attached hydrogen (secondary N) is 1. The van der Waals surface area contributed by atoms with Crippen LogP contribution in [0, 0.1) is 0 Å². The van der Waals surface area contributed by atoms with Gasteiger partial charge in [-0.3, -0.25) is 4.79 Å². The quantitative estimate of drug-likeness (QED) is 0.849. The molecule has 90 valence electrons. The molecule has 0 fully saturated rings. The third kappa shape index (κ3) is 5.00. The lowest BCUT2D eigenvalue weighted by molar-refractivity contribution is -0.116. The Labute approximate surface area is 102 Å². The Morgan fingerprint density at radius 1 is 1.44 bits per heavy atom. The molecule has 16 heavy (non-hydrogen) atoms. The highest BCUT2D eigenvalue weighted by atomic mass is 35.5. The molecule has 0 aromatic heterocycles. The van der Waals surface area contributed by atoms with E-state index in [1.807, 2.05) is 0 Å². The lowest BCUT2D eigenvalue weighted by Gasteiger charge is -2.07. The van der Waals surface area contributed by atoms with E-state index < -0.39 is 0 Å². The first-order valence-corrected chi connectivity index (χ1v) is 4.81. The van der Waals surface area contributed by atoms with Gasteiger partial charge in [0.1, 0.15) is 5.75 Å². The molecule has 0 radical (unpaired) electrons. The SMILES string of the molecule is COc1ccc(NC(=O)CC(C)N)cc1.Cl. The van der Waals surface area contributed by atoms with E-state index >= 15 is 0 Å². The second kappa shape index (κ2) is 7.09. The second-order valence-corrected chi connectivity index (χ2v) is 3.46. The smallest absolute Gasteiger partial charge is 0.225 e. The number of halogens is 1. The molecule has 3 N–H and O–H groups in total. The van der Waals surface area contributed by atoms with Crippen LogP contribution in [0.25, 0.3) is 0 Å². The number of benzene rings is 1. The molecule has 0 saturated carbocycles. The summed E-state index contributed by atoms with van der Waals surface area (Å²) in [6.45, 7) is 1.80. The molecular formula is C11H17ClN2O2. The van der Waals surface area contributed by atoms with E-state index in [0.29, 0.717) is 6.42 Å². The summed E-state index contributed by atoms with van der Waals surface area (Å²) >= 11 is 0. The molecule has 1 unspecified atom stereocenters. The van der Waals surface area contributed by atoms with Crippen LogP contribution in [0.1, 0.15) is 13.3 Å². The molecule has 0 aliphatic heterocycles. The molecule has 0 heterocycles. The van der Waals surface area contributed by atoms with E-state index in [1.165, 1.54) is 0 Å². The minimum Gasteiger partial charge on any atom is -0.497 e. The van der Waals surface area contributed by atoms with Gasteiger partial charge in [0.25, 0.3) is 0 Å². The number of methoxy groups -OCH3 is 1. The van der Waals surface area contributed by atoms with Gasteiger partial charge in [0.15, 0.2) is 0 Å². The maximum absolute atomic E-state index is 11.4. The maximum Gasteiger partial charge on any atom is 0.225 e. The molecule has 1 amide bonds. The molecule has 4 nitrogen and oxygen atoms in total. The number of rotatable bonds is 4. The minimum atomic E-state index is -0.122. The zero-order valence-electron chi connectivity index (χ0n) is 9.40. The van der Waals surface area contributed by atoms with Crippen molar-refractivity contribution in [2.24, 2.45) is 5.73 Å². The summed E-state index contributed by atoms with van der Waals surface area (Å²) in [6.07, 6.45) is 0.325. The summed E-state index contributed by atoms with van der Waals surface area (Å²) in [6, 6.07) is 7.04. The lowest BCUT2D eigenvalue weighted by atomic mass is 10.2. The highest BCUT2D eigenvalue weighted by Crippen LogP contribution is 2.15. The van der Waals surface area contributed by atoms with Gasteiger partial charge < -0.3 is 15.8 Å². The lowest BCUT2D eigenvalue weighted by Crippen LogP contribution is -2.23. The summed E-state index contributed by atoms with van der Waals surface area (Å²) < 4.78 is 5.01. The Bertz CT molecular complexity index is 325. The molecule has 0 aliphatic rings. The molecular weight excluding hydrogens is 228 g/mol. The first-order chi connectivity index (χ1) is 7.11. The topological polar surface area (TPSA) is 64.3 Å². The third-order valence-corrected chi connectivity index (χ3v) is 1.88. The van der Waals surface area contributed by atoms with Gasteiger partial charge in [-0.1, -0.05) is 0 Å². The molecule has 1 aromatic rings. The molecule has 0 saturated heterocycles. The van der Waals surface area contributed by atoms with Crippen LogP contribution in [0.4, 0.5) is 5.69 Å². The Kier molecular flexibility index (Phi) is 6.53. The predicted molar refractivity (Wildman–Crippen MR) is 67.1 cm³/mol. The first-order valence-electron chi connectivity index (χ1n) is 4.81. The first kappa shape index (κ1) is 14.7. The summed E-state index contributed by atoms with van der Waals surface area (Å²) in [5.41, 5.74) is 6.26. The van der Waals surface area contributed by atoms with E-state index in [9.17, 15) is 4.79 Å². The Balaban J connectivity index is 0.00000225. The summed E-state index contributed by atoms with van der Waals surface area (Å²) in [4.78, 5) is 11.4. The van der Waals surface area contributed by atoms with E-state index in [4.69, 9.17) is 10.5 Å². The van der Waals surface area contributed by atoms with Crippen LogP contribution in [0.2, 0.25) is 0 Å². The summed E-state index contributed by atoms with van der Waals surface area (Å²) in [7, 11) is 1.60. The van der Waals surface area contributed by atoms with Crippen molar-refractivity contribution in [2.75, 3.05) is 12.4 Å². The van der Waals surface area contributed by atoms with Crippen LogP contribution in [-0.2, 0) is 4.79 Å².